The van der Waals surface area contributed by atoms with Gasteiger partial charge in [-0.15, -0.1) is 0 Å². The maximum atomic E-state index is 13.1. The summed E-state index contributed by atoms with van der Waals surface area (Å²) in [5, 5.41) is 19.6. The predicted molar refractivity (Wildman–Crippen MR) is 85.8 cm³/mol. The van der Waals surface area contributed by atoms with Gasteiger partial charge in [0.1, 0.15) is 24.2 Å². The molecule has 0 unspecified atom stereocenters. The molecule has 0 radical (unpaired) electrons. The number of halogens is 1. The minimum Gasteiger partial charge on any atom is -0.489 e. The molecule has 0 amide bonds. The fourth-order valence-electron chi connectivity index (χ4n) is 1.69. The second-order valence-corrected chi connectivity index (χ2v) is 4.54. The van der Waals surface area contributed by atoms with Crippen LogP contribution in [0.4, 0.5) is 10.1 Å². The molecule has 116 valence electrons. The van der Waals surface area contributed by atoms with Gasteiger partial charge in [-0.2, -0.15) is 10.4 Å². The number of hydrogen-bond donors (Lipinski definition) is 3. The largest absolute Gasteiger partial charge is 0.489 e. The summed E-state index contributed by atoms with van der Waals surface area (Å²) in [7, 11) is 0. The average molecular weight is 311 g/mol. The first kappa shape index (κ1) is 16.0. The highest BCUT2D eigenvalue weighted by Gasteiger charge is 2.01. The molecule has 2 rings (SSSR count). The lowest BCUT2D eigenvalue weighted by molar-refractivity contribution is 0.305. The molecule has 2 aromatic carbocycles. The maximum absolute atomic E-state index is 13.1. The van der Waals surface area contributed by atoms with Crippen molar-refractivity contribution in [1.29, 1.82) is 10.7 Å². The van der Waals surface area contributed by atoms with E-state index in [1.165, 1.54) is 12.1 Å². The van der Waals surface area contributed by atoms with Crippen molar-refractivity contribution < 1.29 is 9.13 Å². The molecule has 0 fully saturated rings. The van der Waals surface area contributed by atoms with Crippen LogP contribution < -0.4 is 15.9 Å². The molecular formula is C16H14FN5O. The Kier molecular flexibility index (Phi) is 5.25. The number of nitriles is 1. The van der Waals surface area contributed by atoms with Crippen molar-refractivity contribution in [3.05, 3.63) is 59.9 Å². The number of hydrogen-bond acceptors (Lipinski definition) is 5. The molecule has 7 heteroatoms. The van der Waals surface area contributed by atoms with E-state index in [1.807, 2.05) is 0 Å². The number of rotatable bonds is 6. The van der Waals surface area contributed by atoms with Gasteiger partial charge in [-0.25, -0.2) is 4.39 Å². The van der Waals surface area contributed by atoms with Gasteiger partial charge < -0.3 is 10.5 Å². The molecule has 0 saturated heterocycles. The molecule has 0 aliphatic rings. The molecule has 23 heavy (non-hydrogen) atoms. The highest BCUT2D eigenvalue weighted by molar-refractivity contribution is 6.45. The molecule has 0 atom stereocenters. The van der Waals surface area contributed by atoms with Gasteiger partial charge in [-0.1, -0.05) is 12.1 Å². The minimum absolute atomic E-state index is 0.198. The average Bonchev–Trinajstić information content (AvgIpc) is 2.54. The summed E-state index contributed by atoms with van der Waals surface area (Å²) >= 11 is 0. The van der Waals surface area contributed by atoms with E-state index in [2.05, 4.69) is 10.5 Å². The molecule has 0 aliphatic carbocycles. The maximum Gasteiger partial charge on any atom is 0.201 e. The number of nitrogens with one attached hydrogen (secondary N) is 2. The van der Waals surface area contributed by atoms with Crippen LogP contribution in [0.2, 0.25) is 0 Å². The van der Waals surface area contributed by atoms with Gasteiger partial charge in [0.05, 0.1) is 5.69 Å². The zero-order valence-electron chi connectivity index (χ0n) is 12.1. The number of nitrogens with zero attached hydrogens (tertiary/aromatic N) is 2. The number of nitrogens with two attached hydrogens (primary N) is 1. The van der Waals surface area contributed by atoms with Crippen molar-refractivity contribution in [3.63, 3.8) is 0 Å². The van der Waals surface area contributed by atoms with E-state index in [0.717, 1.165) is 5.56 Å². The third-order valence-electron chi connectivity index (χ3n) is 2.81. The Morgan fingerprint density at radius 2 is 2.04 bits per heavy atom. The molecule has 0 heterocycles. The molecule has 6 nitrogen and oxygen atoms in total. The van der Waals surface area contributed by atoms with E-state index < -0.39 is 5.84 Å². The number of anilines is 1. The van der Waals surface area contributed by atoms with Crippen molar-refractivity contribution in [2.75, 3.05) is 5.43 Å². The van der Waals surface area contributed by atoms with Gasteiger partial charge in [-0.05, 0) is 42.0 Å². The van der Waals surface area contributed by atoms with E-state index in [1.54, 1.807) is 42.5 Å². The van der Waals surface area contributed by atoms with Crippen LogP contribution in [0.25, 0.3) is 0 Å². The van der Waals surface area contributed by atoms with Gasteiger partial charge in [0.15, 0.2) is 5.84 Å². The van der Waals surface area contributed by atoms with Gasteiger partial charge in [0, 0.05) is 0 Å². The predicted octanol–water partition coefficient (Wildman–Crippen LogP) is 2.63. The molecule has 0 aromatic heterocycles. The number of ether oxygens (including phenoxy) is 1. The smallest absolute Gasteiger partial charge is 0.201 e. The zero-order valence-corrected chi connectivity index (χ0v) is 12.1. The standard InChI is InChI=1S/C16H14FN5O/c17-12-3-1-2-11(8-12)10-23-14-6-4-13(5-7-14)21-22-15(9-18)16(19)20/h1-8,21H,10H2,(H3,19,20)/b22-15+. The second kappa shape index (κ2) is 7.56. The van der Waals surface area contributed by atoms with Crippen LogP contribution in [0.15, 0.2) is 53.6 Å². The van der Waals surface area contributed by atoms with Crippen LogP contribution in [0.1, 0.15) is 5.56 Å². The van der Waals surface area contributed by atoms with E-state index in [4.69, 9.17) is 21.1 Å². The summed E-state index contributed by atoms with van der Waals surface area (Å²) in [5.41, 5.74) is 8.95. The molecule has 4 N–H and O–H groups in total. The topological polar surface area (TPSA) is 107 Å². The molecule has 0 aliphatic heterocycles. The van der Waals surface area contributed by atoms with Gasteiger partial charge in [0.25, 0.3) is 0 Å². The summed E-state index contributed by atoms with van der Waals surface area (Å²) < 4.78 is 18.6. The Balaban J connectivity index is 1.94. The normalized spacial score (nSPS) is 10.7. The van der Waals surface area contributed by atoms with Crippen LogP contribution in [-0.2, 0) is 6.61 Å². The lowest BCUT2D eigenvalue weighted by Gasteiger charge is -2.07. The summed E-state index contributed by atoms with van der Waals surface area (Å²) in [5.74, 6) is -0.104. The quantitative estimate of drug-likeness (QED) is 0.433. The van der Waals surface area contributed by atoms with E-state index >= 15 is 0 Å². The third kappa shape index (κ3) is 4.82. The Hall–Kier alpha value is -3.40. The van der Waals surface area contributed by atoms with Crippen LogP contribution in [0, 0.1) is 22.6 Å². The number of benzene rings is 2. The monoisotopic (exact) mass is 311 g/mol. The van der Waals surface area contributed by atoms with Crippen molar-refractivity contribution in [3.8, 4) is 11.8 Å². The first-order valence-corrected chi connectivity index (χ1v) is 6.64. The summed E-state index contributed by atoms with van der Waals surface area (Å²) in [6, 6.07) is 14.7. The summed E-state index contributed by atoms with van der Waals surface area (Å²) in [4.78, 5) is 0. The fourth-order valence-corrected chi connectivity index (χ4v) is 1.69. The first-order chi connectivity index (χ1) is 11.1. The van der Waals surface area contributed by atoms with Crippen molar-refractivity contribution in [1.82, 2.24) is 0 Å². The van der Waals surface area contributed by atoms with Crippen LogP contribution in [0.3, 0.4) is 0 Å². The summed E-state index contributed by atoms with van der Waals surface area (Å²) in [6.45, 7) is 0.256. The zero-order chi connectivity index (χ0) is 16.7. The lowest BCUT2D eigenvalue weighted by atomic mass is 10.2. The fraction of sp³-hybridized carbons (Fsp3) is 0.0625. The van der Waals surface area contributed by atoms with Crippen molar-refractivity contribution in [2.45, 2.75) is 6.61 Å². The number of hydrazone groups is 1. The Labute approximate surface area is 132 Å². The van der Waals surface area contributed by atoms with Gasteiger partial charge in [-0.3, -0.25) is 10.8 Å². The highest BCUT2D eigenvalue weighted by Crippen LogP contribution is 2.17. The molecule has 0 spiro atoms. The van der Waals surface area contributed by atoms with E-state index in [0.29, 0.717) is 11.4 Å². The lowest BCUT2D eigenvalue weighted by Crippen LogP contribution is -2.21. The van der Waals surface area contributed by atoms with E-state index in [9.17, 15) is 4.39 Å². The Morgan fingerprint density at radius 3 is 2.65 bits per heavy atom. The number of amidine groups is 1. The molecular weight excluding hydrogens is 297 g/mol. The molecule has 2 aromatic rings. The van der Waals surface area contributed by atoms with Crippen LogP contribution >= 0.6 is 0 Å². The molecule has 0 bridgehead atoms. The third-order valence-corrected chi connectivity index (χ3v) is 2.81. The van der Waals surface area contributed by atoms with Gasteiger partial charge >= 0.3 is 0 Å². The summed E-state index contributed by atoms with van der Waals surface area (Å²) in [6.07, 6.45) is 0. The molecule has 0 saturated carbocycles. The first-order valence-electron chi connectivity index (χ1n) is 6.64. The van der Waals surface area contributed by atoms with Gasteiger partial charge in [0.2, 0.25) is 5.71 Å². The van der Waals surface area contributed by atoms with Crippen molar-refractivity contribution in [2.24, 2.45) is 10.8 Å². The SMILES string of the molecule is N#C/C(=N\Nc1ccc(OCc2cccc(F)c2)cc1)C(=N)N. The Morgan fingerprint density at radius 1 is 1.30 bits per heavy atom. The minimum atomic E-state index is -0.407. The van der Waals surface area contributed by atoms with Crippen LogP contribution in [0.5, 0.6) is 5.75 Å². The van der Waals surface area contributed by atoms with E-state index in [-0.39, 0.29) is 18.1 Å². The Bertz CT molecular complexity index is 765. The van der Waals surface area contributed by atoms with Crippen LogP contribution in [-0.4, -0.2) is 11.5 Å². The van der Waals surface area contributed by atoms with Crippen molar-refractivity contribution >= 4 is 17.2 Å². The highest BCUT2D eigenvalue weighted by atomic mass is 19.1. The second-order valence-electron chi connectivity index (χ2n) is 4.54.